The molecule has 1 aromatic heterocycles. The van der Waals surface area contributed by atoms with Gasteiger partial charge >= 0.3 is 0 Å². The number of furan rings is 1. The number of anilines is 1. The lowest BCUT2D eigenvalue weighted by atomic mass is 10.2. The third-order valence-electron chi connectivity index (χ3n) is 3.37. The predicted molar refractivity (Wildman–Crippen MR) is 108 cm³/mol. The molecule has 1 aromatic carbocycles. The van der Waals surface area contributed by atoms with Gasteiger partial charge in [0, 0.05) is 31.9 Å². The van der Waals surface area contributed by atoms with Gasteiger partial charge in [-0.25, -0.2) is 0 Å². The first-order valence-electron chi connectivity index (χ1n) is 8.03. The van der Waals surface area contributed by atoms with E-state index in [0.29, 0.717) is 10.7 Å². The van der Waals surface area contributed by atoms with Crippen LogP contribution in [0.25, 0.3) is 0 Å². The maximum Gasteiger partial charge on any atom is 0.253 e. The molecule has 0 radical (unpaired) electrons. The Morgan fingerprint density at radius 1 is 1.24 bits per heavy atom. The lowest BCUT2D eigenvalue weighted by molar-refractivity contribution is 0.0827. The van der Waals surface area contributed by atoms with Crippen molar-refractivity contribution in [2.75, 3.05) is 31.7 Å². The minimum atomic E-state index is -0.0145. The van der Waals surface area contributed by atoms with Gasteiger partial charge in [0.05, 0.1) is 12.0 Å². The molecule has 2 aromatic rings. The van der Waals surface area contributed by atoms with Crippen LogP contribution in [-0.4, -0.2) is 42.3 Å². The fraction of sp³-hybridized carbons (Fsp3) is 0.333. The van der Waals surface area contributed by atoms with Gasteiger partial charge in [0.1, 0.15) is 5.76 Å². The van der Waals surface area contributed by atoms with Gasteiger partial charge in [0.25, 0.3) is 5.91 Å². The number of amides is 1. The minimum Gasteiger partial charge on any atom is -0.468 e. The topological polar surface area (TPSA) is 57.5 Å². The van der Waals surface area contributed by atoms with Crippen LogP contribution in [0.4, 0.5) is 5.69 Å². The zero-order valence-electron chi connectivity index (χ0n) is 14.5. The Kier molecular flexibility index (Phi) is 7.81. The highest BCUT2D eigenvalue weighted by Gasteiger charge is 2.07. The molecule has 134 valence electrons. The van der Waals surface area contributed by atoms with E-state index in [1.165, 1.54) is 0 Å². The molecular weight excluding hydrogens is 354 g/mol. The number of thioether (sulfide) groups is 1. The summed E-state index contributed by atoms with van der Waals surface area (Å²) >= 11 is 7.13. The van der Waals surface area contributed by atoms with Crippen molar-refractivity contribution in [3.63, 3.8) is 0 Å². The summed E-state index contributed by atoms with van der Waals surface area (Å²) in [7, 11) is 3.47. The molecule has 25 heavy (non-hydrogen) atoms. The molecule has 1 heterocycles. The summed E-state index contributed by atoms with van der Waals surface area (Å²) in [5.41, 5.74) is 1.52. The fourth-order valence-electron chi connectivity index (χ4n) is 2.07. The van der Waals surface area contributed by atoms with Crippen LogP contribution in [0.1, 0.15) is 22.5 Å². The summed E-state index contributed by atoms with van der Waals surface area (Å²) in [4.78, 5) is 13.4. The maximum atomic E-state index is 11.8. The lowest BCUT2D eigenvalue weighted by Gasteiger charge is -2.12. The zero-order valence-corrected chi connectivity index (χ0v) is 16.1. The van der Waals surface area contributed by atoms with Crippen molar-refractivity contribution in [1.82, 2.24) is 10.2 Å². The van der Waals surface area contributed by atoms with Crippen LogP contribution in [0.15, 0.2) is 47.1 Å². The van der Waals surface area contributed by atoms with Crippen molar-refractivity contribution in [2.24, 2.45) is 0 Å². The van der Waals surface area contributed by atoms with Crippen LogP contribution in [0.5, 0.6) is 0 Å². The van der Waals surface area contributed by atoms with Gasteiger partial charge in [-0.05, 0) is 60.8 Å². The van der Waals surface area contributed by atoms with Gasteiger partial charge in [-0.1, -0.05) is 0 Å². The quantitative estimate of drug-likeness (QED) is 0.542. The van der Waals surface area contributed by atoms with Crippen molar-refractivity contribution >= 4 is 40.7 Å². The molecule has 0 aliphatic rings. The molecule has 0 aliphatic carbocycles. The Labute approximate surface area is 158 Å². The highest BCUT2D eigenvalue weighted by Crippen LogP contribution is 2.13. The first kappa shape index (κ1) is 19.3. The van der Waals surface area contributed by atoms with Crippen LogP contribution < -0.4 is 10.6 Å². The summed E-state index contributed by atoms with van der Waals surface area (Å²) < 4.78 is 5.29. The number of thiocarbonyl (C=S) groups is 1. The Morgan fingerprint density at radius 2 is 2.00 bits per heavy atom. The molecule has 0 spiro atoms. The van der Waals surface area contributed by atoms with Crippen LogP contribution in [-0.2, 0) is 5.75 Å². The van der Waals surface area contributed by atoms with Crippen molar-refractivity contribution in [3.05, 3.63) is 54.0 Å². The van der Waals surface area contributed by atoms with Crippen molar-refractivity contribution in [2.45, 2.75) is 12.2 Å². The summed E-state index contributed by atoms with van der Waals surface area (Å²) in [5.74, 6) is 2.93. The summed E-state index contributed by atoms with van der Waals surface area (Å²) in [5, 5.41) is 6.90. The lowest BCUT2D eigenvalue weighted by Crippen LogP contribution is -2.29. The second-order valence-electron chi connectivity index (χ2n) is 5.64. The number of hydrogen-bond donors (Lipinski definition) is 2. The van der Waals surface area contributed by atoms with E-state index in [4.69, 9.17) is 16.6 Å². The molecular formula is C18H23N3O2S2. The van der Waals surface area contributed by atoms with E-state index in [-0.39, 0.29) is 5.91 Å². The van der Waals surface area contributed by atoms with Gasteiger partial charge in [-0.15, -0.1) is 0 Å². The SMILES string of the molecule is CN(C)C(=O)c1ccc(NC(=S)NCCCSCc2ccco2)cc1. The maximum absolute atomic E-state index is 11.8. The van der Waals surface area contributed by atoms with E-state index in [0.717, 1.165) is 35.9 Å². The Bertz CT molecular complexity index is 670. The average molecular weight is 378 g/mol. The Balaban J connectivity index is 1.62. The standard InChI is InChI=1S/C18H23N3O2S2/c1-21(2)17(22)14-6-8-15(9-7-14)20-18(24)19-10-4-12-25-13-16-5-3-11-23-16/h3,5-9,11H,4,10,12-13H2,1-2H3,(H2,19,20,24). The number of carbonyl (C=O) groups excluding carboxylic acids is 1. The molecule has 0 unspecified atom stereocenters. The molecule has 0 aliphatic heterocycles. The van der Waals surface area contributed by atoms with Gasteiger partial charge in [-0.2, -0.15) is 11.8 Å². The van der Waals surface area contributed by atoms with E-state index < -0.39 is 0 Å². The fourth-order valence-corrected chi connectivity index (χ4v) is 3.15. The monoisotopic (exact) mass is 377 g/mol. The Morgan fingerprint density at radius 3 is 2.64 bits per heavy atom. The first-order valence-corrected chi connectivity index (χ1v) is 9.59. The van der Waals surface area contributed by atoms with Gasteiger partial charge in [0.2, 0.25) is 0 Å². The number of carbonyl (C=O) groups is 1. The molecule has 5 nitrogen and oxygen atoms in total. The smallest absolute Gasteiger partial charge is 0.253 e. The van der Waals surface area contributed by atoms with E-state index in [9.17, 15) is 4.79 Å². The van der Waals surface area contributed by atoms with Crippen molar-refractivity contribution < 1.29 is 9.21 Å². The summed E-state index contributed by atoms with van der Waals surface area (Å²) in [6.45, 7) is 0.814. The molecule has 2 N–H and O–H groups in total. The van der Waals surface area contributed by atoms with Gasteiger partial charge < -0.3 is 20.0 Å². The zero-order chi connectivity index (χ0) is 18.1. The van der Waals surface area contributed by atoms with Crippen LogP contribution in [0, 0.1) is 0 Å². The van der Waals surface area contributed by atoms with Crippen molar-refractivity contribution in [1.29, 1.82) is 0 Å². The van der Waals surface area contributed by atoms with Gasteiger partial charge in [0.15, 0.2) is 5.11 Å². The van der Waals surface area contributed by atoms with E-state index >= 15 is 0 Å². The number of nitrogens with zero attached hydrogens (tertiary/aromatic N) is 1. The summed E-state index contributed by atoms with van der Waals surface area (Å²) in [6, 6.07) is 11.2. The Hall–Kier alpha value is -1.99. The first-order chi connectivity index (χ1) is 12.1. The molecule has 0 atom stereocenters. The molecule has 0 bridgehead atoms. The van der Waals surface area contributed by atoms with E-state index in [2.05, 4.69) is 10.6 Å². The van der Waals surface area contributed by atoms with E-state index in [1.807, 2.05) is 36.0 Å². The highest BCUT2D eigenvalue weighted by atomic mass is 32.2. The van der Waals surface area contributed by atoms with Crippen LogP contribution >= 0.6 is 24.0 Å². The predicted octanol–water partition coefficient (Wildman–Crippen LogP) is 3.59. The number of benzene rings is 1. The second kappa shape index (κ2) is 10.1. The molecule has 0 saturated carbocycles. The molecule has 0 saturated heterocycles. The third kappa shape index (κ3) is 6.80. The largest absolute Gasteiger partial charge is 0.468 e. The molecule has 1 amide bonds. The average Bonchev–Trinajstić information content (AvgIpc) is 3.11. The summed E-state index contributed by atoms with van der Waals surface area (Å²) in [6.07, 6.45) is 2.72. The van der Waals surface area contributed by atoms with Crippen LogP contribution in [0.3, 0.4) is 0 Å². The normalized spacial score (nSPS) is 10.3. The van der Waals surface area contributed by atoms with Crippen molar-refractivity contribution in [3.8, 4) is 0 Å². The second-order valence-corrected chi connectivity index (χ2v) is 7.16. The van der Waals surface area contributed by atoms with Crippen LogP contribution in [0.2, 0.25) is 0 Å². The van der Waals surface area contributed by atoms with E-state index in [1.54, 1.807) is 37.4 Å². The third-order valence-corrected chi connectivity index (χ3v) is 4.68. The number of rotatable bonds is 8. The van der Waals surface area contributed by atoms with Gasteiger partial charge in [-0.3, -0.25) is 4.79 Å². The molecule has 0 fully saturated rings. The number of nitrogens with one attached hydrogen (secondary N) is 2. The highest BCUT2D eigenvalue weighted by molar-refractivity contribution is 7.98. The molecule has 7 heteroatoms. The number of hydrogen-bond acceptors (Lipinski definition) is 4. The minimum absolute atomic E-state index is 0.0145. The molecule has 2 rings (SSSR count).